The Kier molecular flexibility index (Phi) is 3.85. The largest absolute Gasteiger partial charge is 0.356 e. The molecule has 1 N–H and O–H groups in total. The van der Waals surface area contributed by atoms with E-state index < -0.39 is 10.0 Å². The van der Waals surface area contributed by atoms with Crippen LogP contribution in [0.4, 0.5) is 5.69 Å². The molecule has 0 unspecified atom stereocenters. The maximum absolute atomic E-state index is 12.4. The molecule has 2 aromatic carbocycles. The van der Waals surface area contributed by atoms with Gasteiger partial charge in [-0.3, -0.25) is 4.72 Å². The highest BCUT2D eigenvalue weighted by Gasteiger charge is 2.18. The van der Waals surface area contributed by atoms with Crippen LogP contribution >= 0.6 is 0 Å². The monoisotopic (exact) mass is 316 g/mol. The van der Waals surface area contributed by atoms with Crippen molar-refractivity contribution in [1.82, 2.24) is 5.16 Å². The van der Waals surface area contributed by atoms with Crippen molar-refractivity contribution in [3.05, 3.63) is 59.8 Å². The van der Waals surface area contributed by atoms with Gasteiger partial charge in [0, 0.05) is 5.39 Å². The predicted molar refractivity (Wildman–Crippen MR) is 86.1 cm³/mol. The van der Waals surface area contributed by atoms with Crippen LogP contribution in [-0.4, -0.2) is 13.6 Å². The summed E-state index contributed by atoms with van der Waals surface area (Å²) in [6.45, 7) is 1.98. The molecule has 0 spiro atoms. The van der Waals surface area contributed by atoms with Gasteiger partial charge in [0.05, 0.1) is 5.69 Å². The van der Waals surface area contributed by atoms with E-state index in [1.54, 1.807) is 18.2 Å². The standard InChI is InChI=1S/C16H16N2O3S/c1-2-12-7-3-5-9-14(12)18-22(19,20)11-15-13-8-4-6-10-16(13)21-17-15/h3-10,18H,2,11H2,1H3. The molecule has 0 saturated heterocycles. The van der Waals surface area contributed by atoms with Gasteiger partial charge in [0.1, 0.15) is 11.4 Å². The fourth-order valence-corrected chi connectivity index (χ4v) is 3.53. The molecule has 0 fully saturated rings. The molecule has 6 heteroatoms. The topological polar surface area (TPSA) is 72.2 Å². The van der Waals surface area contributed by atoms with Crippen molar-refractivity contribution in [2.75, 3.05) is 4.72 Å². The van der Waals surface area contributed by atoms with E-state index in [1.165, 1.54) is 0 Å². The molecule has 0 radical (unpaired) electrons. The minimum atomic E-state index is -3.55. The number of nitrogens with one attached hydrogen (secondary N) is 1. The van der Waals surface area contributed by atoms with Gasteiger partial charge in [-0.25, -0.2) is 8.42 Å². The second-order valence-electron chi connectivity index (χ2n) is 5.00. The Labute approximate surface area is 129 Å². The van der Waals surface area contributed by atoms with Crippen LogP contribution in [0.2, 0.25) is 0 Å². The van der Waals surface area contributed by atoms with E-state index in [0.717, 1.165) is 17.4 Å². The van der Waals surface area contributed by atoms with Crippen LogP contribution in [0.5, 0.6) is 0 Å². The number of benzene rings is 2. The summed E-state index contributed by atoms with van der Waals surface area (Å²) in [6.07, 6.45) is 0.756. The first-order valence-electron chi connectivity index (χ1n) is 7.01. The van der Waals surface area contributed by atoms with Gasteiger partial charge in [0.2, 0.25) is 10.0 Å². The van der Waals surface area contributed by atoms with E-state index in [4.69, 9.17) is 4.52 Å². The molecule has 22 heavy (non-hydrogen) atoms. The number of fused-ring (bicyclic) bond motifs is 1. The summed E-state index contributed by atoms with van der Waals surface area (Å²) in [5, 5.41) is 4.59. The molecular formula is C16H16N2O3S. The average molecular weight is 316 g/mol. The molecule has 1 aromatic heterocycles. The van der Waals surface area contributed by atoms with Crippen LogP contribution < -0.4 is 4.72 Å². The number of hydrogen-bond acceptors (Lipinski definition) is 4. The third-order valence-corrected chi connectivity index (χ3v) is 4.63. The Hall–Kier alpha value is -2.34. The second-order valence-corrected chi connectivity index (χ2v) is 6.72. The molecule has 0 bridgehead atoms. The SMILES string of the molecule is CCc1ccccc1NS(=O)(=O)Cc1noc2ccccc12. The molecule has 114 valence electrons. The lowest BCUT2D eigenvalue weighted by molar-refractivity contribution is 0.448. The Morgan fingerprint density at radius 3 is 2.64 bits per heavy atom. The van der Waals surface area contributed by atoms with E-state index in [2.05, 4.69) is 9.88 Å². The molecule has 0 aliphatic heterocycles. The van der Waals surface area contributed by atoms with Crippen molar-refractivity contribution >= 4 is 26.7 Å². The molecule has 0 aliphatic carbocycles. The summed E-state index contributed by atoms with van der Waals surface area (Å²) in [7, 11) is -3.55. The molecular weight excluding hydrogens is 300 g/mol. The van der Waals surface area contributed by atoms with Gasteiger partial charge in [0.15, 0.2) is 5.58 Å². The van der Waals surface area contributed by atoms with Gasteiger partial charge in [-0.05, 0) is 30.2 Å². The second kappa shape index (κ2) is 5.81. The third-order valence-electron chi connectivity index (χ3n) is 3.44. The number of para-hydroxylation sites is 2. The molecule has 0 atom stereocenters. The molecule has 0 saturated carbocycles. The minimum absolute atomic E-state index is 0.220. The molecule has 0 amide bonds. The van der Waals surface area contributed by atoms with Gasteiger partial charge < -0.3 is 4.52 Å². The van der Waals surface area contributed by atoms with Crippen LogP contribution in [-0.2, 0) is 22.2 Å². The maximum atomic E-state index is 12.4. The number of anilines is 1. The van der Waals surface area contributed by atoms with Gasteiger partial charge >= 0.3 is 0 Å². The molecule has 1 heterocycles. The number of aromatic nitrogens is 1. The Bertz CT molecular complexity index is 900. The smallest absolute Gasteiger partial charge is 0.238 e. The Balaban J connectivity index is 1.88. The zero-order valence-corrected chi connectivity index (χ0v) is 12.9. The highest BCUT2D eigenvalue weighted by Crippen LogP contribution is 2.22. The maximum Gasteiger partial charge on any atom is 0.238 e. The first-order valence-corrected chi connectivity index (χ1v) is 8.66. The average Bonchev–Trinajstić information content (AvgIpc) is 2.90. The first kappa shape index (κ1) is 14.6. The van der Waals surface area contributed by atoms with Crippen molar-refractivity contribution in [3.8, 4) is 0 Å². The summed E-state index contributed by atoms with van der Waals surface area (Å²) in [5.74, 6) is -0.220. The fourth-order valence-electron chi connectivity index (χ4n) is 2.35. The van der Waals surface area contributed by atoms with Crippen LogP contribution in [0.25, 0.3) is 11.0 Å². The van der Waals surface area contributed by atoms with Crippen LogP contribution in [0.3, 0.4) is 0 Å². The lowest BCUT2D eigenvalue weighted by Gasteiger charge is -2.10. The third kappa shape index (κ3) is 2.96. The minimum Gasteiger partial charge on any atom is -0.356 e. The van der Waals surface area contributed by atoms with Crippen molar-refractivity contribution < 1.29 is 12.9 Å². The van der Waals surface area contributed by atoms with Crippen LogP contribution in [0.1, 0.15) is 18.2 Å². The summed E-state index contributed by atoms with van der Waals surface area (Å²) in [5.41, 5.74) is 2.56. The molecule has 0 aliphatic rings. The van der Waals surface area contributed by atoms with E-state index in [1.807, 2.05) is 37.3 Å². The van der Waals surface area contributed by atoms with Gasteiger partial charge in [-0.1, -0.05) is 42.4 Å². The quantitative estimate of drug-likeness (QED) is 0.783. The summed E-state index contributed by atoms with van der Waals surface area (Å²) in [4.78, 5) is 0. The number of aryl methyl sites for hydroxylation is 1. The van der Waals surface area contributed by atoms with E-state index >= 15 is 0 Å². The summed E-state index contributed by atoms with van der Waals surface area (Å²) < 4.78 is 32.6. The van der Waals surface area contributed by atoms with E-state index in [9.17, 15) is 8.42 Å². The van der Waals surface area contributed by atoms with E-state index in [-0.39, 0.29) is 5.75 Å². The predicted octanol–water partition coefficient (Wildman–Crippen LogP) is 3.33. The lowest BCUT2D eigenvalue weighted by Crippen LogP contribution is -2.16. The zero-order valence-electron chi connectivity index (χ0n) is 12.1. The van der Waals surface area contributed by atoms with Crippen molar-refractivity contribution in [2.24, 2.45) is 0 Å². The van der Waals surface area contributed by atoms with Crippen molar-refractivity contribution in [2.45, 2.75) is 19.1 Å². The van der Waals surface area contributed by atoms with E-state index in [0.29, 0.717) is 17.0 Å². The molecule has 3 rings (SSSR count). The van der Waals surface area contributed by atoms with Crippen molar-refractivity contribution in [1.29, 1.82) is 0 Å². The number of nitrogens with zero attached hydrogens (tertiary/aromatic N) is 1. The summed E-state index contributed by atoms with van der Waals surface area (Å²) >= 11 is 0. The number of sulfonamides is 1. The van der Waals surface area contributed by atoms with Gasteiger partial charge in [-0.2, -0.15) is 0 Å². The summed E-state index contributed by atoms with van der Waals surface area (Å²) in [6, 6.07) is 14.6. The molecule has 3 aromatic rings. The highest BCUT2D eigenvalue weighted by atomic mass is 32.2. The highest BCUT2D eigenvalue weighted by molar-refractivity contribution is 7.91. The Morgan fingerprint density at radius 2 is 1.82 bits per heavy atom. The fraction of sp³-hybridized carbons (Fsp3) is 0.188. The van der Waals surface area contributed by atoms with Gasteiger partial charge in [-0.15, -0.1) is 0 Å². The van der Waals surface area contributed by atoms with Gasteiger partial charge in [0.25, 0.3) is 0 Å². The zero-order chi connectivity index (χ0) is 15.6. The Morgan fingerprint density at radius 1 is 1.09 bits per heavy atom. The van der Waals surface area contributed by atoms with Crippen LogP contribution in [0, 0.1) is 0 Å². The number of rotatable bonds is 5. The first-order chi connectivity index (χ1) is 10.6. The lowest BCUT2D eigenvalue weighted by atomic mass is 10.1. The van der Waals surface area contributed by atoms with Crippen LogP contribution in [0.15, 0.2) is 53.1 Å². The van der Waals surface area contributed by atoms with Crippen molar-refractivity contribution in [3.63, 3.8) is 0 Å². The molecule has 5 nitrogen and oxygen atoms in total. The number of hydrogen-bond donors (Lipinski definition) is 1. The normalized spacial score (nSPS) is 11.7.